The predicted molar refractivity (Wildman–Crippen MR) is 68.0 cm³/mol. The maximum absolute atomic E-state index is 9.85. The molecule has 1 unspecified atom stereocenters. The Bertz CT molecular complexity index is 519. The highest BCUT2D eigenvalue weighted by atomic mass is 16.3. The highest BCUT2D eigenvalue weighted by Crippen LogP contribution is 2.31. The molecule has 1 atom stereocenters. The van der Waals surface area contributed by atoms with Crippen LogP contribution in [0.15, 0.2) is 24.3 Å². The van der Waals surface area contributed by atoms with Gasteiger partial charge < -0.3 is 15.8 Å². The van der Waals surface area contributed by atoms with Gasteiger partial charge in [-0.1, -0.05) is 32.0 Å². The average molecular weight is 231 g/mol. The SMILES string of the molecule is CCc1nc(N)[nH]c1C(C)c1ccccc1O. The zero-order chi connectivity index (χ0) is 12.4. The third-order valence-electron chi connectivity index (χ3n) is 3.00. The van der Waals surface area contributed by atoms with Gasteiger partial charge in [-0.3, -0.25) is 0 Å². The van der Waals surface area contributed by atoms with Gasteiger partial charge in [-0.05, 0) is 12.5 Å². The fraction of sp³-hybridized carbons (Fsp3) is 0.308. The molecule has 0 spiro atoms. The summed E-state index contributed by atoms with van der Waals surface area (Å²) in [5.41, 5.74) is 8.50. The van der Waals surface area contributed by atoms with Gasteiger partial charge in [0.05, 0.1) is 5.69 Å². The number of hydrogen-bond donors (Lipinski definition) is 3. The summed E-state index contributed by atoms with van der Waals surface area (Å²) in [6.45, 7) is 4.07. The third-order valence-corrected chi connectivity index (χ3v) is 3.00. The topological polar surface area (TPSA) is 74.9 Å². The maximum atomic E-state index is 9.85. The largest absolute Gasteiger partial charge is 0.508 e. The number of nitrogen functional groups attached to an aromatic ring is 1. The highest BCUT2D eigenvalue weighted by molar-refractivity contribution is 5.41. The van der Waals surface area contributed by atoms with Crippen molar-refractivity contribution in [3.63, 3.8) is 0 Å². The number of rotatable bonds is 3. The monoisotopic (exact) mass is 231 g/mol. The Morgan fingerprint density at radius 1 is 1.41 bits per heavy atom. The average Bonchev–Trinajstić information content (AvgIpc) is 2.70. The van der Waals surface area contributed by atoms with E-state index in [0.29, 0.717) is 11.7 Å². The van der Waals surface area contributed by atoms with Crippen LogP contribution in [0.25, 0.3) is 0 Å². The molecular formula is C13H17N3O. The molecule has 1 heterocycles. The Morgan fingerprint density at radius 2 is 2.12 bits per heavy atom. The predicted octanol–water partition coefficient (Wildman–Crippen LogP) is 2.41. The first-order valence-electron chi connectivity index (χ1n) is 5.75. The molecule has 0 saturated carbocycles. The third kappa shape index (κ3) is 2.11. The molecule has 0 radical (unpaired) electrons. The molecule has 1 aromatic heterocycles. The number of nitrogens with one attached hydrogen (secondary N) is 1. The number of H-pyrrole nitrogens is 1. The number of imidazole rings is 1. The van der Waals surface area contributed by atoms with Gasteiger partial charge in [0.1, 0.15) is 5.75 Å². The molecule has 0 fully saturated rings. The fourth-order valence-electron chi connectivity index (χ4n) is 2.08. The van der Waals surface area contributed by atoms with E-state index in [0.717, 1.165) is 23.4 Å². The van der Waals surface area contributed by atoms with Gasteiger partial charge in [0.25, 0.3) is 0 Å². The van der Waals surface area contributed by atoms with Crippen LogP contribution in [0, 0.1) is 0 Å². The van der Waals surface area contributed by atoms with E-state index in [2.05, 4.69) is 9.97 Å². The van der Waals surface area contributed by atoms with E-state index in [1.165, 1.54) is 0 Å². The highest BCUT2D eigenvalue weighted by Gasteiger charge is 2.18. The lowest BCUT2D eigenvalue weighted by Gasteiger charge is -2.13. The van der Waals surface area contributed by atoms with Gasteiger partial charge in [0.2, 0.25) is 0 Å². The molecule has 0 aliphatic rings. The van der Waals surface area contributed by atoms with Gasteiger partial charge in [0, 0.05) is 17.2 Å². The second kappa shape index (κ2) is 4.49. The lowest BCUT2D eigenvalue weighted by Crippen LogP contribution is -2.00. The number of aromatic hydroxyl groups is 1. The van der Waals surface area contributed by atoms with E-state index in [-0.39, 0.29) is 5.92 Å². The molecule has 90 valence electrons. The number of anilines is 1. The fourth-order valence-corrected chi connectivity index (χ4v) is 2.08. The summed E-state index contributed by atoms with van der Waals surface area (Å²) >= 11 is 0. The van der Waals surface area contributed by atoms with Crippen molar-refractivity contribution in [3.05, 3.63) is 41.2 Å². The minimum Gasteiger partial charge on any atom is -0.508 e. The molecule has 0 bridgehead atoms. The Morgan fingerprint density at radius 3 is 2.76 bits per heavy atom. The molecule has 0 aliphatic heterocycles. The van der Waals surface area contributed by atoms with Crippen molar-refractivity contribution in [3.8, 4) is 5.75 Å². The van der Waals surface area contributed by atoms with Crippen LogP contribution in [-0.4, -0.2) is 15.1 Å². The first-order valence-corrected chi connectivity index (χ1v) is 5.75. The van der Waals surface area contributed by atoms with E-state index in [1.54, 1.807) is 6.07 Å². The lowest BCUT2D eigenvalue weighted by molar-refractivity contribution is 0.465. The molecule has 2 aromatic rings. The number of nitrogens with zero attached hydrogens (tertiary/aromatic N) is 1. The molecule has 0 aliphatic carbocycles. The van der Waals surface area contributed by atoms with Crippen molar-refractivity contribution in [2.45, 2.75) is 26.2 Å². The lowest BCUT2D eigenvalue weighted by atomic mass is 9.95. The van der Waals surface area contributed by atoms with E-state index in [9.17, 15) is 5.11 Å². The van der Waals surface area contributed by atoms with E-state index < -0.39 is 0 Å². The van der Waals surface area contributed by atoms with Gasteiger partial charge in [0.15, 0.2) is 5.95 Å². The zero-order valence-corrected chi connectivity index (χ0v) is 10.1. The standard InChI is InChI=1S/C13H17N3O/c1-3-10-12(16-13(14)15-10)8(2)9-6-4-5-7-11(9)17/h4-8,17H,3H2,1-2H3,(H3,14,15,16). The quantitative estimate of drug-likeness (QED) is 0.759. The number of hydrogen-bond acceptors (Lipinski definition) is 3. The minimum absolute atomic E-state index is 0.0518. The Labute approximate surface area is 101 Å². The zero-order valence-electron chi connectivity index (χ0n) is 10.1. The molecule has 1 aromatic carbocycles. The van der Waals surface area contributed by atoms with Gasteiger partial charge in [-0.2, -0.15) is 0 Å². The van der Waals surface area contributed by atoms with Gasteiger partial charge in [-0.25, -0.2) is 4.98 Å². The summed E-state index contributed by atoms with van der Waals surface area (Å²) in [5.74, 6) is 0.783. The van der Waals surface area contributed by atoms with Crippen molar-refractivity contribution in [2.24, 2.45) is 0 Å². The molecule has 4 heteroatoms. The smallest absolute Gasteiger partial charge is 0.197 e. The number of aromatic nitrogens is 2. The maximum Gasteiger partial charge on any atom is 0.197 e. The van der Waals surface area contributed by atoms with Crippen molar-refractivity contribution in [1.82, 2.24) is 9.97 Å². The summed E-state index contributed by atoms with van der Waals surface area (Å²) < 4.78 is 0. The number of nitrogens with two attached hydrogens (primary N) is 1. The van der Waals surface area contributed by atoms with E-state index >= 15 is 0 Å². The molecule has 2 rings (SSSR count). The number of para-hydroxylation sites is 1. The second-order valence-electron chi connectivity index (χ2n) is 4.12. The van der Waals surface area contributed by atoms with Crippen molar-refractivity contribution >= 4 is 5.95 Å². The van der Waals surface area contributed by atoms with Crippen molar-refractivity contribution in [1.29, 1.82) is 0 Å². The Kier molecular flexibility index (Phi) is 3.04. The summed E-state index contributed by atoms with van der Waals surface area (Å²) in [5, 5.41) is 9.85. The molecular weight excluding hydrogens is 214 g/mol. The molecule has 0 saturated heterocycles. The number of benzene rings is 1. The van der Waals surface area contributed by atoms with Crippen LogP contribution in [0.2, 0.25) is 0 Å². The van der Waals surface area contributed by atoms with Crippen LogP contribution in [0.5, 0.6) is 5.75 Å². The number of phenols is 1. The summed E-state index contributed by atoms with van der Waals surface area (Å²) in [6.07, 6.45) is 0.820. The van der Waals surface area contributed by atoms with Crippen LogP contribution in [0.1, 0.15) is 36.7 Å². The van der Waals surface area contributed by atoms with Gasteiger partial charge in [-0.15, -0.1) is 0 Å². The molecule has 17 heavy (non-hydrogen) atoms. The molecule has 4 nitrogen and oxygen atoms in total. The normalized spacial score (nSPS) is 12.6. The molecule has 4 N–H and O–H groups in total. The van der Waals surface area contributed by atoms with E-state index in [4.69, 9.17) is 5.73 Å². The summed E-state index contributed by atoms with van der Waals surface area (Å²) in [4.78, 5) is 7.32. The van der Waals surface area contributed by atoms with Gasteiger partial charge >= 0.3 is 0 Å². The summed E-state index contributed by atoms with van der Waals surface area (Å²) in [6, 6.07) is 7.33. The number of phenolic OH excluding ortho intramolecular Hbond substituents is 1. The Balaban J connectivity index is 2.43. The van der Waals surface area contributed by atoms with Crippen molar-refractivity contribution in [2.75, 3.05) is 5.73 Å². The second-order valence-corrected chi connectivity index (χ2v) is 4.12. The van der Waals surface area contributed by atoms with Crippen LogP contribution in [-0.2, 0) is 6.42 Å². The van der Waals surface area contributed by atoms with Crippen LogP contribution >= 0.6 is 0 Å². The van der Waals surface area contributed by atoms with E-state index in [1.807, 2.05) is 32.0 Å². The minimum atomic E-state index is 0.0518. The first-order chi connectivity index (χ1) is 8.13. The van der Waals surface area contributed by atoms with Crippen LogP contribution in [0.3, 0.4) is 0 Å². The van der Waals surface area contributed by atoms with Crippen LogP contribution < -0.4 is 5.73 Å². The summed E-state index contributed by atoms with van der Waals surface area (Å²) in [7, 11) is 0. The molecule has 0 amide bonds. The first kappa shape index (κ1) is 11.5. The van der Waals surface area contributed by atoms with Crippen molar-refractivity contribution < 1.29 is 5.11 Å². The number of aromatic amines is 1. The Hall–Kier alpha value is -1.97. The number of aryl methyl sites for hydroxylation is 1. The van der Waals surface area contributed by atoms with Crippen LogP contribution in [0.4, 0.5) is 5.95 Å².